The molecule has 4 nitrogen and oxygen atoms in total. The molecule has 0 aliphatic carbocycles. The Kier molecular flexibility index (Phi) is 8.01. The van der Waals surface area contributed by atoms with Crippen molar-refractivity contribution in [1.29, 1.82) is 0 Å². The van der Waals surface area contributed by atoms with E-state index in [1.54, 1.807) is 18.2 Å². The summed E-state index contributed by atoms with van der Waals surface area (Å²) >= 11 is 0. The van der Waals surface area contributed by atoms with Crippen LogP contribution in [-0.4, -0.2) is 30.8 Å². The minimum Gasteiger partial charge on any atom is -0.385 e. The minimum atomic E-state index is -2.09. The molecule has 0 bridgehead atoms. The number of para-hydroxylation sites is 1. The Labute approximate surface area is 306 Å². The van der Waals surface area contributed by atoms with E-state index in [9.17, 15) is 0 Å². The zero-order valence-corrected chi connectivity index (χ0v) is 29.5. The van der Waals surface area contributed by atoms with Crippen LogP contribution in [0, 0.1) is 19.0 Å². The summed E-state index contributed by atoms with van der Waals surface area (Å²) in [6, 6.07) is 51.8. The molecule has 7 aromatic rings. The first kappa shape index (κ1) is 28.7. The fourth-order valence-corrected chi connectivity index (χ4v) is 6.97. The normalized spacial score (nSPS) is 13.3. The third-order valence-corrected chi connectivity index (χ3v) is 9.20. The summed E-state index contributed by atoms with van der Waals surface area (Å²) < 4.78 is 21.7. The summed E-state index contributed by atoms with van der Waals surface area (Å²) in [5.41, 5.74) is 15.1. The number of anilines is 4. The number of aromatic nitrogens is 2. The van der Waals surface area contributed by atoms with Crippen LogP contribution >= 0.6 is 0 Å². The van der Waals surface area contributed by atoms with Gasteiger partial charge in [0.15, 0.2) is 0 Å². The second-order valence-corrected chi connectivity index (χ2v) is 12.0. The van der Waals surface area contributed by atoms with E-state index in [0.717, 1.165) is 28.1 Å². The fourth-order valence-electron chi connectivity index (χ4n) is 6.97. The van der Waals surface area contributed by atoms with Crippen molar-refractivity contribution in [3.63, 3.8) is 0 Å². The van der Waals surface area contributed by atoms with Crippen LogP contribution in [0.2, 0.25) is 0 Å². The zero-order valence-electron chi connectivity index (χ0n) is 30.1. The molecule has 9 rings (SSSR count). The first-order valence-corrected chi connectivity index (χ1v) is 16.0. The van der Waals surface area contributed by atoms with E-state index in [4.69, 9.17) is 9.10 Å². The van der Waals surface area contributed by atoms with Gasteiger partial charge in [0.05, 0.1) is 0 Å². The van der Waals surface area contributed by atoms with Crippen LogP contribution in [-0.2, 0) is 20.1 Å². The number of nitrogens with zero attached hydrogens (tertiary/aromatic N) is 4. The van der Waals surface area contributed by atoms with Crippen molar-refractivity contribution in [3.8, 4) is 33.6 Å². The van der Waals surface area contributed by atoms with Crippen molar-refractivity contribution in [2.45, 2.75) is 6.85 Å². The van der Waals surface area contributed by atoms with Gasteiger partial charge in [0.1, 0.15) is 0 Å². The first-order chi connectivity index (χ1) is 24.8. The Bertz CT molecular complexity index is 2350. The average molecular weight is 812 g/mol. The molecular formula is C43H33BIrN4-2. The monoisotopic (exact) mass is 812 g/mol. The fraction of sp³-hybridized carbons (Fsp3) is 0.0698. The second-order valence-electron chi connectivity index (χ2n) is 12.0. The first-order valence-electron chi connectivity index (χ1n) is 17.5. The number of hydrogen-bond acceptors (Lipinski definition) is 4. The smallest absolute Gasteiger partial charge is 0.233 e. The predicted molar refractivity (Wildman–Crippen MR) is 201 cm³/mol. The standard InChI is InChI=1S/C31H23BN3.C12H10N.Ir/c1-34-27-15-7-6-13-24(27)32-25-14-8-12-23(31(25)35(2)29-17-9-16-28(34)30(29)32)26-20-22(18-19-33-26)21-10-4-3-5-11-21;1-10-7-8-12(13-9-10)11-5-3-2-4-6-11;/h3-11,13-20H,1-2H3;2-5,7-9H,1H3;/q2*-1;/i;1D3;. The number of pyridine rings is 2. The number of fused-ring (bicyclic) bond motifs is 4. The molecule has 0 N–H and O–H groups in total. The van der Waals surface area contributed by atoms with Crippen molar-refractivity contribution in [2.24, 2.45) is 0 Å². The average Bonchev–Trinajstić information content (AvgIpc) is 3.18. The Balaban J connectivity index is 0.000000209. The van der Waals surface area contributed by atoms with Crippen LogP contribution in [0.1, 0.15) is 9.68 Å². The molecule has 49 heavy (non-hydrogen) atoms. The van der Waals surface area contributed by atoms with Gasteiger partial charge in [0, 0.05) is 67.8 Å². The number of aryl methyl sites for hydroxylation is 1. The minimum absolute atomic E-state index is 0. The van der Waals surface area contributed by atoms with Gasteiger partial charge in [-0.05, 0) is 75.8 Å². The predicted octanol–water partition coefficient (Wildman–Crippen LogP) is 7.75. The molecule has 2 aliphatic heterocycles. The molecule has 0 saturated heterocycles. The topological polar surface area (TPSA) is 32.3 Å². The summed E-state index contributed by atoms with van der Waals surface area (Å²) in [6.07, 6.45) is 3.30. The van der Waals surface area contributed by atoms with Gasteiger partial charge >= 0.3 is 0 Å². The SMILES string of the molecule is CN1c2ccccc2B2c3cc[c-]c(-c4cc(-c5ccccc5)ccn4)c3N(C)c3cccc1c32.[2H]C([2H])([2H])c1ccc(-c2[c-]cccc2)nc1.[Ir]. The maximum atomic E-state index is 7.23. The molecule has 239 valence electrons. The van der Waals surface area contributed by atoms with Crippen LogP contribution in [0.25, 0.3) is 33.6 Å². The number of rotatable bonds is 3. The maximum Gasteiger partial charge on any atom is 0.233 e. The Morgan fingerprint density at radius 2 is 1.41 bits per heavy atom. The van der Waals surface area contributed by atoms with Gasteiger partial charge in [-0.15, -0.1) is 65.1 Å². The third kappa shape index (κ3) is 5.88. The molecule has 0 fully saturated rings. The molecule has 0 saturated carbocycles. The number of hydrogen-bond donors (Lipinski definition) is 0. The Morgan fingerprint density at radius 1 is 0.633 bits per heavy atom. The summed E-state index contributed by atoms with van der Waals surface area (Å²) in [5.74, 6) is 0. The molecule has 6 heteroatoms. The molecule has 2 aromatic heterocycles. The molecule has 5 aromatic carbocycles. The van der Waals surface area contributed by atoms with Gasteiger partial charge in [-0.2, -0.15) is 0 Å². The van der Waals surface area contributed by atoms with E-state index >= 15 is 0 Å². The van der Waals surface area contributed by atoms with Gasteiger partial charge in [-0.1, -0.05) is 72.8 Å². The zero-order chi connectivity index (χ0) is 35.1. The molecule has 0 atom stereocenters. The van der Waals surface area contributed by atoms with Crippen molar-refractivity contribution in [1.82, 2.24) is 9.97 Å². The van der Waals surface area contributed by atoms with Gasteiger partial charge in [0.25, 0.3) is 0 Å². The second kappa shape index (κ2) is 13.7. The van der Waals surface area contributed by atoms with Gasteiger partial charge < -0.3 is 19.8 Å². The van der Waals surface area contributed by atoms with E-state index in [1.807, 2.05) is 30.5 Å². The maximum absolute atomic E-state index is 7.23. The summed E-state index contributed by atoms with van der Waals surface area (Å²) in [5, 5.41) is 0. The molecule has 0 spiro atoms. The van der Waals surface area contributed by atoms with Gasteiger partial charge in [-0.3, -0.25) is 0 Å². The summed E-state index contributed by atoms with van der Waals surface area (Å²) in [7, 11) is 4.34. The molecule has 0 unspecified atom stereocenters. The molecule has 1 radical (unpaired) electrons. The molecule has 4 heterocycles. The largest absolute Gasteiger partial charge is 0.385 e. The van der Waals surface area contributed by atoms with E-state index in [0.29, 0.717) is 0 Å². The van der Waals surface area contributed by atoms with E-state index in [1.165, 1.54) is 50.9 Å². The van der Waals surface area contributed by atoms with Crippen molar-refractivity contribution in [3.05, 3.63) is 164 Å². The van der Waals surface area contributed by atoms with Crippen molar-refractivity contribution in [2.75, 3.05) is 23.9 Å². The Morgan fingerprint density at radius 3 is 2.18 bits per heavy atom. The van der Waals surface area contributed by atoms with Crippen LogP contribution in [0.3, 0.4) is 0 Å². The molecule has 2 aliphatic rings. The molecule has 0 amide bonds. The van der Waals surface area contributed by atoms with Gasteiger partial charge in [-0.25, -0.2) is 0 Å². The van der Waals surface area contributed by atoms with Crippen molar-refractivity contribution < 1.29 is 24.2 Å². The molecular weight excluding hydrogens is 776 g/mol. The van der Waals surface area contributed by atoms with E-state index in [2.05, 4.69) is 132 Å². The van der Waals surface area contributed by atoms with Gasteiger partial charge in [0.2, 0.25) is 6.71 Å². The van der Waals surface area contributed by atoms with E-state index in [-0.39, 0.29) is 32.4 Å². The quantitative estimate of drug-likeness (QED) is 0.135. The third-order valence-electron chi connectivity index (χ3n) is 9.20. The van der Waals surface area contributed by atoms with E-state index < -0.39 is 6.85 Å². The Hall–Kier alpha value is -5.29. The summed E-state index contributed by atoms with van der Waals surface area (Å²) in [4.78, 5) is 13.6. The van der Waals surface area contributed by atoms with Crippen LogP contribution in [0.15, 0.2) is 146 Å². The van der Waals surface area contributed by atoms with Crippen molar-refractivity contribution >= 4 is 45.9 Å². The summed E-state index contributed by atoms with van der Waals surface area (Å²) in [6.45, 7) is -1.92. The van der Waals surface area contributed by atoms with Crippen LogP contribution in [0.4, 0.5) is 22.7 Å². The van der Waals surface area contributed by atoms with Crippen LogP contribution < -0.4 is 26.2 Å². The number of benzene rings is 5. The van der Waals surface area contributed by atoms with Crippen LogP contribution in [0.5, 0.6) is 0 Å².